The Hall–Kier alpha value is -0.800. The summed E-state index contributed by atoms with van der Waals surface area (Å²) < 4.78 is 5.17. The molecule has 2 rings (SSSR count). The van der Waals surface area contributed by atoms with E-state index < -0.39 is 0 Å². The largest absolute Gasteiger partial charge is 0.445 e. The zero-order valence-corrected chi connectivity index (χ0v) is 9.55. The van der Waals surface area contributed by atoms with Crippen LogP contribution < -0.4 is 0 Å². The van der Waals surface area contributed by atoms with Gasteiger partial charge in [-0.3, -0.25) is 0 Å². The Labute approximate surface area is 95.0 Å². The summed E-state index contributed by atoms with van der Waals surface area (Å²) in [5, 5.41) is 1.47. The molecular formula is C10H7BrClNO. The average molecular weight is 273 g/mol. The summed E-state index contributed by atoms with van der Waals surface area (Å²) in [5.74, 6) is 0.591. The first-order valence-corrected chi connectivity index (χ1v) is 5.55. The van der Waals surface area contributed by atoms with Crippen LogP contribution in [0.2, 0.25) is 5.02 Å². The lowest BCUT2D eigenvalue weighted by Gasteiger charge is -2.01. The molecule has 1 aromatic carbocycles. The van der Waals surface area contributed by atoms with Crippen LogP contribution in [0.1, 0.15) is 5.56 Å². The maximum absolute atomic E-state index is 6.05. The number of hydrogen-bond donors (Lipinski definition) is 0. The fourth-order valence-electron chi connectivity index (χ4n) is 1.15. The SMILES string of the molecule is Clc1cc(-c2ncco2)ccc1CBr. The van der Waals surface area contributed by atoms with Crippen molar-refractivity contribution in [3.8, 4) is 11.5 Å². The molecule has 4 heteroatoms. The van der Waals surface area contributed by atoms with E-state index in [1.807, 2.05) is 18.2 Å². The third-order valence-electron chi connectivity index (χ3n) is 1.88. The fourth-order valence-corrected chi connectivity index (χ4v) is 2.05. The van der Waals surface area contributed by atoms with Crippen molar-refractivity contribution < 1.29 is 4.42 Å². The summed E-state index contributed by atoms with van der Waals surface area (Å²) in [7, 11) is 0. The van der Waals surface area contributed by atoms with Gasteiger partial charge in [0.25, 0.3) is 0 Å². The smallest absolute Gasteiger partial charge is 0.225 e. The molecule has 72 valence electrons. The zero-order chi connectivity index (χ0) is 9.97. The summed E-state index contributed by atoms with van der Waals surface area (Å²) in [6, 6.07) is 5.74. The van der Waals surface area contributed by atoms with Gasteiger partial charge in [0.2, 0.25) is 5.89 Å². The average Bonchev–Trinajstić information content (AvgIpc) is 2.70. The van der Waals surface area contributed by atoms with E-state index in [1.165, 1.54) is 0 Å². The highest BCUT2D eigenvalue weighted by molar-refractivity contribution is 9.08. The van der Waals surface area contributed by atoms with Gasteiger partial charge in [-0.05, 0) is 17.7 Å². The van der Waals surface area contributed by atoms with Crippen molar-refractivity contribution in [1.82, 2.24) is 4.98 Å². The molecule has 0 bridgehead atoms. The van der Waals surface area contributed by atoms with Gasteiger partial charge in [-0.25, -0.2) is 4.98 Å². The molecule has 0 aliphatic heterocycles. The predicted molar refractivity (Wildman–Crippen MR) is 59.6 cm³/mol. The topological polar surface area (TPSA) is 26.0 Å². The van der Waals surface area contributed by atoms with Gasteiger partial charge in [0, 0.05) is 15.9 Å². The number of benzene rings is 1. The molecule has 0 saturated heterocycles. The highest BCUT2D eigenvalue weighted by atomic mass is 79.9. The molecule has 2 aromatic rings. The molecule has 0 fully saturated rings. The Bertz CT molecular complexity index is 428. The molecule has 0 saturated carbocycles. The van der Waals surface area contributed by atoms with E-state index in [0.717, 1.165) is 21.5 Å². The molecule has 0 spiro atoms. The molecule has 14 heavy (non-hydrogen) atoms. The summed E-state index contributed by atoms with van der Waals surface area (Å²) in [5.41, 5.74) is 1.95. The standard InChI is InChI=1S/C10H7BrClNO/c11-6-8-2-1-7(5-9(8)12)10-13-3-4-14-10/h1-5H,6H2. The van der Waals surface area contributed by atoms with Crippen molar-refractivity contribution in [2.45, 2.75) is 5.33 Å². The molecule has 2 nitrogen and oxygen atoms in total. The van der Waals surface area contributed by atoms with Gasteiger partial charge >= 0.3 is 0 Å². The highest BCUT2D eigenvalue weighted by Gasteiger charge is 2.05. The van der Waals surface area contributed by atoms with Crippen LogP contribution in [0, 0.1) is 0 Å². The molecule has 0 amide bonds. The predicted octanol–water partition coefficient (Wildman–Crippen LogP) is 3.89. The van der Waals surface area contributed by atoms with Gasteiger partial charge < -0.3 is 4.42 Å². The van der Waals surface area contributed by atoms with Crippen molar-refractivity contribution in [3.05, 3.63) is 41.2 Å². The van der Waals surface area contributed by atoms with Crippen molar-refractivity contribution in [2.75, 3.05) is 0 Å². The van der Waals surface area contributed by atoms with Crippen LogP contribution in [0.5, 0.6) is 0 Å². The van der Waals surface area contributed by atoms with E-state index in [2.05, 4.69) is 20.9 Å². The third kappa shape index (κ3) is 1.83. The van der Waals surface area contributed by atoms with Crippen LogP contribution in [-0.4, -0.2) is 4.98 Å². The van der Waals surface area contributed by atoms with E-state index in [4.69, 9.17) is 16.0 Å². The zero-order valence-electron chi connectivity index (χ0n) is 7.21. The molecule has 0 unspecified atom stereocenters. The van der Waals surface area contributed by atoms with Crippen LogP contribution in [0.15, 0.2) is 35.1 Å². The van der Waals surface area contributed by atoms with Crippen LogP contribution in [0.25, 0.3) is 11.5 Å². The first kappa shape index (κ1) is 9.74. The minimum atomic E-state index is 0.591. The van der Waals surface area contributed by atoms with Crippen LogP contribution in [0.3, 0.4) is 0 Å². The van der Waals surface area contributed by atoms with Gasteiger partial charge in [-0.1, -0.05) is 33.6 Å². The van der Waals surface area contributed by atoms with Crippen molar-refractivity contribution >= 4 is 27.5 Å². The summed E-state index contributed by atoms with van der Waals surface area (Å²) in [4.78, 5) is 4.05. The molecular weight excluding hydrogens is 265 g/mol. The van der Waals surface area contributed by atoms with Crippen LogP contribution in [-0.2, 0) is 5.33 Å². The molecule has 0 aliphatic rings. The van der Waals surface area contributed by atoms with E-state index in [0.29, 0.717) is 5.89 Å². The number of aromatic nitrogens is 1. The van der Waals surface area contributed by atoms with E-state index in [9.17, 15) is 0 Å². The summed E-state index contributed by atoms with van der Waals surface area (Å²) in [6.45, 7) is 0. The van der Waals surface area contributed by atoms with Gasteiger partial charge in [0.05, 0.1) is 6.20 Å². The molecule has 0 N–H and O–H groups in total. The maximum Gasteiger partial charge on any atom is 0.225 e. The number of hydrogen-bond acceptors (Lipinski definition) is 2. The molecule has 1 heterocycles. The lowest BCUT2D eigenvalue weighted by atomic mass is 10.1. The lowest BCUT2D eigenvalue weighted by Crippen LogP contribution is -1.82. The molecule has 0 aliphatic carbocycles. The number of oxazole rings is 1. The van der Waals surface area contributed by atoms with Crippen LogP contribution >= 0.6 is 27.5 Å². The van der Waals surface area contributed by atoms with E-state index >= 15 is 0 Å². The minimum Gasteiger partial charge on any atom is -0.445 e. The van der Waals surface area contributed by atoms with Gasteiger partial charge in [-0.2, -0.15) is 0 Å². The monoisotopic (exact) mass is 271 g/mol. The Kier molecular flexibility index (Phi) is 2.89. The second-order valence-corrected chi connectivity index (χ2v) is 3.75. The Morgan fingerprint density at radius 3 is 2.86 bits per heavy atom. The van der Waals surface area contributed by atoms with Crippen LogP contribution in [0.4, 0.5) is 0 Å². The quantitative estimate of drug-likeness (QED) is 0.775. The number of halogens is 2. The fraction of sp³-hybridized carbons (Fsp3) is 0.100. The summed E-state index contributed by atoms with van der Waals surface area (Å²) >= 11 is 9.41. The maximum atomic E-state index is 6.05. The Morgan fingerprint density at radius 1 is 1.43 bits per heavy atom. The molecule has 0 atom stereocenters. The highest BCUT2D eigenvalue weighted by Crippen LogP contribution is 2.25. The molecule has 0 radical (unpaired) electrons. The van der Waals surface area contributed by atoms with Gasteiger partial charge in [0.15, 0.2) is 0 Å². The van der Waals surface area contributed by atoms with E-state index in [-0.39, 0.29) is 0 Å². The summed E-state index contributed by atoms with van der Waals surface area (Å²) in [6.07, 6.45) is 3.16. The third-order valence-corrected chi connectivity index (χ3v) is 2.83. The van der Waals surface area contributed by atoms with Gasteiger partial charge in [-0.15, -0.1) is 0 Å². The number of alkyl halides is 1. The minimum absolute atomic E-state index is 0.591. The Balaban J connectivity index is 2.43. The normalized spacial score (nSPS) is 10.4. The molecule has 1 aromatic heterocycles. The van der Waals surface area contributed by atoms with Crippen molar-refractivity contribution in [3.63, 3.8) is 0 Å². The second kappa shape index (κ2) is 4.15. The number of nitrogens with zero attached hydrogens (tertiary/aromatic N) is 1. The van der Waals surface area contributed by atoms with Crippen molar-refractivity contribution in [2.24, 2.45) is 0 Å². The number of rotatable bonds is 2. The first-order chi connectivity index (χ1) is 6.81. The first-order valence-electron chi connectivity index (χ1n) is 4.05. The second-order valence-electron chi connectivity index (χ2n) is 2.78. The van der Waals surface area contributed by atoms with E-state index in [1.54, 1.807) is 12.5 Å². The van der Waals surface area contributed by atoms with Crippen molar-refractivity contribution in [1.29, 1.82) is 0 Å². The van der Waals surface area contributed by atoms with Gasteiger partial charge in [0.1, 0.15) is 6.26 Å². The lowest BCUT2D eigenvalue weighted by molar-refractivity contribution is 0.574. The Morgan fingerprint density at radius 2 is 2.29 bits per heavy atom.